The van der Waals surface area contributed by atoms with Crippen molar-refractivity contribution in [2.45, 2.75) is 33.6 Å². The van der Waals surface area contributed by atoms with Gasteiger partial charge in [0.05, 0.1) is 0 Å². The molecule has 2 rings (SSSR count). The average molecular weight is 208 g/mol. The molecule has 0 aliphatic carbocycles. The first kappa shape index (κ1) is 11.2. The molecule has 2 aliphatic heterocycles. The molecule has 0 aromatic heterocycles. The van der Waals surface area contributed by atoms with Crippen LogP contribution in [0.1, 0.15) is 33.6 Å². The molecule has 0 atom stereocenters. The van der Waals surface area contributed by atoms with E-state index in [1.54, 1.807) is 11.1 Å². The van der Waals surface area contributed by atoms with Crippen LogP contribution in [0.2, 0.25) is 0 Å². The van der Waals surface area contributed by atoms with Crippen molar-refractivity contribution in [1.82, 2.24) is 10.2 Å². The van der Waals surface area contributed by atoms with Gasteiger partial charge in [-0.15, -0.1) is 0 Å². The van der Waals surface area contributed by atoms with E-state index in [2.05, 4.69) is 31.0 Å². The van der Waals surface area contributed by atoms with Gasteiger partial charge in [0.25, 0.3) is 0 Å². The van der Waals surface area contributed by atoms with Gasteiger partial charge in [-0.1, -0.05) is 19.4 Å². The molecule has 1 N–H and O–H groups in total. The summed E-state index contributed by atoms with van der Waals surface area (Å²) in [7, 11) is 0. The molecule has 0 saturated carbocycles. The van der Waals surface area contributed by atoms with E-state index in [-0.39, 0.29) is 0 Å². The minimum absolute atomic E-state index is 0.579. The van der Waals surface area contributed by atoms with Gasteiger partial charge in [0.2, 0.25) is 0 Å². The van der Waals surface area contributed by atoms with Crippen LogP contribution >= 0.6 is 0 Å². The van der Waals surface area contributed by atoms with Crippen molar-refractivity contribution in [3.05, 3.63) is 11.1 Å². The topological polar surface area (TPSA) is 15.3 Å². The lowest BCUT2D eigenvalue weighted by Gasteiger charge is -2.37. The fourth-order valence-electron chi connectivity index (χ4n) is 2.32. The first-order valence-electron chi connectivity index (χ1n) is 6.17. The van der Waals surface area contributed by atoms with E-state index in [1.807, 2.05) is 0 Å². The van der Waals surface area contributed by atoms with Gasteiger partial charge in [0.1, 0.15) is 0 Å². The van der Waals surface area contributed by atoms with Crippen LogP contribution in [-0.2, 0) is 0 Å². The van der Waals surface area contributed by atoms with E-state index in [4.69, 9.17) is 0 Å². The maximum Gasteiger partial charge on any atom is 0.0193 e. The smallest absolute Gasteiger partial charge is 0.0193 e. The molecule has 2 saturated heterocycles. The Hall–Kier alpha value is -0.340. The SMILES string of the molecule is CC(CN1CCC(C)(C)CC1)=C1CNC1. The van der Waals surface area contributed by atoms with Gasteiger partial charge in [-0.25, -0.2) is 0 Å². The van der Waals surface area contributed by atoms with Crippen LogP contribution in [0.4, 0.5) is 0 Å². The quantitative estimate of drug-likeness (QED) is 0.699. The number of likely N-dealkylation sites (tertiary alicyclic amines) is 1. The van der Waals surface area contributed by atoms with E-state index in [9.17, 15) is 0 Å². The van der Waals surface area contributed by atoms with Crippen LogP contribution in [-0.4, -0.2) is 37.6 Å². The van der Waals surface area contributed by atoms with Gasteiger partial charge in [0, 0.05) is 19.6 Å². The number of nitrogens with one attached hydrogen (secondary N) is 1. The maximum absolute atomic E-state index is 3.32. The summed E-state index contributed by atoms with van der Waals surface area (Å²) >= 11 is 0. The molecule has 2 heterocycles. The van der Waals surface area contributed by atoms with E-state index in [0.717, 1.165) is 13.1 Å². The predicted molar refractivity (Wildman–Crippen MR) is 65.0 cm³/mol. The third kappa shape index (κ3) is 2.82. The lowest BCUT2D eigenvalue weighted by Crippen LogP contribution is -2.40. The minimum atomic E-state index is 0.579. The fourth-order valence-corrected chi connectivity index (χ4v) is 2.32. The Morgan fingerprint density at radius 1 is 1.27 bits per heavy atom. The molecule has 86 valence electrons. The predicted octanol–water partition coefficient (Wildman–Crippen LogP) is 2.03. The van der Waals surface area contributed by atoms with Crippen LogP contribution in [0.25, 0.3) is 0 Å². The van der Waals surface area contributed by atoms with Crippen molar-refractivity contribution in [3.8, 4) is 0 Å². The normalized spacial score (nSPS) is 26.2. The maximum atomic E-state index is 3.32. The van der Waals surface area contributed by atoms with Crippen LogP contribution in [0.15, 0.2) is 11.1 Å². The zero-order chi connectivity index (χ0) is 10.9. The molecule has 0 aromatic carbocycles. The van der Waals surface area contributed by atoms with E-state index < -0.39 is 0 Å². The Labute approximate surface area is 93.7 Å². The van der Waals surface area contributed by atoms with E-state index in [0.29, 0.717) is 5.41 Å². The number of hydrogen-bond acceptors (Lipinski definition) is 2. The molecule has 2 heteroatoms. The van der Waals surface area contributed by atoms with Gasteiger partial charge in [0.15, 0.2) is 0 Å². The van der Waals surface area contributed by atoms with Gasteiger partial charge in [-0.3, -0.25) is 4.90 Å². The highest BCUT2D eigenvalue weighted by Crippen LogP contribution is 2.30. The molecular formula is C13H24N2. The lowest BCUT2D eigenvalue weighted by atomic mass is 9.82. The third-order valence-electron chi connectivity index (χ3n) is 3.95. The molecule has 0 spiro atoms. The Morgan fingerprint density at radius 2 is 1.87 bits per heavy atom. The summed E-state index contributed by atoms with van der Waals surface area (Å²) in [5.74, 6) is 0. The van der Waals surface area contributed by atoms with E-state index in [1.165, 1.54) is 32.5 Å². The molecule has 0 aromatic rings. The largest absolute Gasteiger partial charge is 0.309 e. The molecule has 2 aliphatic rings. The monoisotopic (exact) mass is 208 g/mol. The summed E-state index contributed by atoms with van der Waals surface area (Å²) in [6, 6.07) is 0. The Kier molecular flexibility index (Phi) is 3.17. The summed E-state index contributed by atoms with van der Waals surface area (Å²) in [6.45, 7) is 13.1. The van der Waals surface area contributed by atoms with Crippen molar-refractivity contribution in [2.24, 2.45) is 5.41 Å². The summed E-state index contributed by atoms with van der Waals surface area (Å²) in [5.41, 5.74) is 3.82. The Morgan fingerprint density at radius 3 is 2.33 bits per heavy atom. The highest BCUT2D eigenvalue weighted by atomic mass is 15.1. The Bertz CT molecular complexity index is 250. The third-order valence-corrected chi connectivity index (χ3v) is 3.95. The lowest BCUT2D eigenvalue weighted by molar-refractivity contribution is 0.141. The number of nitrogens with zero attached hydrogens (tertiary/aromatic N) is 1. The number of rotatable bonds is 2. The fraction of sp³-hybridized carbons (Fsp3) is 0.846. The van der Waals surface area contributed by atoms with Crippen LogP contribution < -0.4 is 5.32 Å². The van der Waals surface area contributed by atoms with Crippen molar-refractivity contribution in [1.29, 1.82) is 0 Å². The summed E-state index contributed by atoms with van der Waals surface area (Å²) in [5, 5.41) is 3.32. The second-order valence-electron chi connectivity index (χ2n) is 5.93. The molecule has 2 nitrogen and oxygen atoms in total. The van der Waals surface area contributed by atoms with Gasteiger partial charge in [-0.05, 0) is 43.8 Å². The molecule has 0 radical (unpaired) electrons. The summed E-state index contributed by atoms with van der Waals surface area (Å²) in [6.07, 6.45) is 2.71. The molecular weight excluding hydrogens is 184 g/mol. The zero-order valence-corrected chi connectivity index (χ0v) is 10.4. The molecule has 0 unspecified atom stereocenters. The highest BCUT2D eigenvalue weighted by Gasteiger charge is 2.25. The molecule has 0 bridgehead atoms. The van der Waals surface area contributed by atoms with Crippen molar-refractivity contribution < 1.29 is 0 Å². The van der Waals surface area contributed by atoms with Gasteiger partial charge >= 0.3 is 0 Å². The minimum Gasteiger partial charge on any atom is -0.309 e. The number of hydrogen-bond donors (Lipinski definition) is 1. The Balaban J connectivity index is 1.82. The first-order chi connectivity index (χ1) is 7.07. The molecule has 0 amide bonds. The summed E-state index contributed by atoms with van der Waals surface area (Å²) in [4.78, 5) is 2.62. The standard InChI is InChI=1S/C13H24N2/c1-11(12-8-14-9-12)10-15-6-4-13(2,3)5-7-15/h14H,4-10H2,1-3H3. The highest BCUT2D eigenvalue weighted by molar-refractivity contribution is 5.22. The van der Waals surface area contributed by atoms with Crippen molar-refractivity contribution in [3.63, 3.8) is 0 Å². The van der Waals surface area contributed by atoms with Crippen LogP contribution in [0, 0.1) is 5.41 Å². The zero-order valence-electron chi connectivity index (χ0n) is 10.4. The first-order valence-corrected chi connectivity index (χ1v) is 6.17. The van der Waals surface area contributed by atoms with Crippen LogP contribution in [0.5, 0.6) is 0 Å². The van der Waals surface area contributed by atoms with Crippen LogP contribution in [0.3, 0.4) is 0 Å². The van der Waals surface area contributed by atoms with Gasteiger partial charge < -0.3 is 5.32 Å². The van der Waals surface area contributed by atoms with E-state index >= 15 is 0 Å². The van der Waals surface area contributed by atoms with Crippen molar-refractivity contribution in [2.75, 3.05) is 32.7 Å². The summed E-state index contributed by atoms with van der Waals surface area (Å²) < 4.78 is 0. The second-order valence-corrected chi connectivity index (χ2v) is 5.93. The molecule has 15 heavy (non-hydrogen) atoms. The second kappa shape index (κ2) is 4.26. The average Bonchev–Trinajstić information content (AvgIpc) is 2.05. The van der Waals surface area contributed by atoms with Gasteiger partial charge in [-0.2, -0.15) is 0 Å². The molecule has 2 fully saturated rings. The van der Waals surface area contributed by atoms with Crippen molar-refractivity contribution >= 4 is 0 Å². The number of piperidine rings is 1.